The largest absolute Gasteiger partial charge is 0.306 e. The van der Waals surface area contributed by atoms with E-state index in [2.05, 4.69) is 30.9 Å². The number of rotatable bonds is 3. The SMILES string of the molecule is CC(C)c1ccc(N2C(=O)CN(C3CCCCC3)C3CS(=O)(=O)CC32)cc1. The van der Waals surface area contributed by atoms with Crippen molar-refractivity contribution in [2.75, 3.05) is 23.0 Å². The Kier molecular flexibility index (Phi) is 5.06. The minimum atomic E-state index is -3.12. The van der Waals surface area contributed by atoms with Crippen molar-refractivity contribution in [1.82, 2.24) is 4.90 Å². The second kappa shape index (κ2) is 7.21. The molecule has 1 amide bonds. The number of carbonyl (C=O) groups excluding carboxylic acids is 1. The van der Waals surface area contributed by atoms with Crippen LogP contribution in [0.25, 0.3) is 0 Å². The summed E-state index contributed by atoms with van der Waals surface area (Å²) < 4.78 is 25.0. The van der Waals surface area contributed by atoms with Crippen LogP contribution in [0.1, 0.15) is 57.4 Å². The van der Waals surface area contributed by atoms with E-state index in [1.165, 1.54) is 24.8 Å². The monoisotopic (exact) mass is 390 g/mol. The first kappa shape index (κ1) is 18.9. The number of fused-ring (bicyclic) bond motifs is 1. The fraction of sp³-hybridized carbons (Fsp3) is 0.667. The van der Waals surface area contributed by atoms with Crippen molar-refractivity contribution in [2.45, 2.75) is 70.0 Å². The molecular formula is C21H30N2O3S. The Balaban J connectivity index is 1.65. The van der Waals surface area contributed by atoms with Gasteiger partial charge in [0.1, 0.15) is 0 Å². The molecule has 1 aromatic carbocycles. The number of hydrogen-bond acceptors (Lipinski definition) is 4. The molecule has 3 fully saturated rings. The highest BCUT2D eigenvalue weighted by Gasteiger charge is 2.51. The number of sulfone groups is 1. The number of benzene rings is 1. The average Bonchev–Trinajstić information content (AvgIpc) is 2.96. The molecule has 0 aromatic heterocycles. The van der Waals surface area contributed by atoms with E-state index in [1.807, 2.05) is 12.1 Å². The molecule has 148 valence electrons. The van der Waals surface area contributed by atoms with Crippen molar-refractivity contribution < 1.29 is 13.2 Å². The molecule has 27 heavy (non-hydrogen) atoms. The number of amides is 1. The van der Waals surface area contributed by atoms with E-state index < -0.39 is 9.84 Å². The molecular weight excluding hydrogens is 360 g/mol. The molecule has 1 aliphatic carbocycles. The lowest BCUT2D eigenvalue weighted by molar-refractivity contribution is -0.124. The lowest BCUT2D eigenvalue weighted by Gasteiger charge is -2.47. The van der Waals surface area contributed by atoms with Gasteiger partial charge in [-0.15, -0.1) is 0 Å². The van der Waals surface area contributed by atoms with E-state index >= 15 is 0 Å². The van der Waals surface area contributed by atoms with Crippen molar-refractivity contribution in [3.63, 3.8) is 0 Å². The first-order chi connectivity index (χ1) is 12.9. The van der Waals surface area contributed by atoms with Crippen LogP contribution in [0.15, 0.2) is 24.3 Å². The van der Waals surface area contributed by atoms with Crippen LogP contribution in [0.4, 0.5) is 5.69 Å². The van der Waals surface area contributed by atoms with Crippen LogP contribution in [-0.2, 0) is 14.6 Å². The molecule has 0 bridgehead atoms. The maximum atomic E-state index is 13.1. The molecule has 0 N–H and O–H groups in total. The lowest BCUT2D eigenvalue weighted by atomic mass is 9.90. The molecule has 2 saturated heterocycles. The molecule has 2 atom stereocenters. The van der Waals surface area contributed by atoms with Gasteiger partial charge in [-0.2, -0.15) is 0 Å². The van der Waals surface area contributed by atoms with Gasteiger partial charge < -0.3 is 4.90 Å². The highest BCUT2D eigenvalue weighted by molar-refractivity contribution is 7.91. The molecule has 2 unspecified atom stereocenters. The number of nitrogens with zero attached hydrogens (tertiary/aromatic N) is 2. The maximum Gasteiger partial charge on any atom is 0.241 e. The van der Waals surface area contributed by atoms with E-state index in [-0.39, 0.29) is 29.5 Å². The third-order valence-electron chi connectivity index (χ3n) is 6.52. The summed E-state index contributed by atoms with van der Waals surface area (Å²) in [5.74, 6) is 0.731. The van der Waals surface area contributed by atoms with Gasteiger partial charge in [0.25, 0.3) is 0 Å². The molecule has 6 heteroatoms. The summed E-state index contributed by atoms with van der Waals surface area (Å²) in [4.78, 5) is 17.1. The van der Waals surface area contributed by atoms with Crippen molar-refractivity contribution in [2.24, 2.45) is 0 Å². The Morgan fingerprint density at radius 2 is 1.59 bits per heavy atom. The number of piperazine rings is 1. The maximum absolute atomic E-state index is 13.1. The van der Waals surface area contributed by atoms with Crippen LogP contribution in [0.2, 0.25) is 0 Å². The van der Waals surface area contributed by atoms with Gasteiger partial charge in [-0.3, -0.25) is 9.69 Å². The lowest BCUT2D eigenvalue weighted by Crippen LogP contribution is -2.64. The summed E-state index contributed by atoms with van der Waals surface area (Å²) in [7, 11) is -3.12. The molecule has 1 saturated carbocycles. The molecule has 2 heterocycles. The minimum absolute atomic E-state index is 0.0382. The van der Waals surface area contributed by atoms with Crippen LogP contribution in [0.3, 0.4) is 0 Å². The van der Waals surface area contributed by atoms with Crippen LogP contribution >= 0.6 is 0 Å². The molecule has 4 rings (SSSR count). The highest BCUT2D eigenvalue weighted by atomic mass is 32.2. The van der Waals surface area contributed by atoms with Gasteiger partial charge in [0.05, 0.1) is 24.1 Å². The highest BCUT2D eigenvalue weighted by Crippen LogP contribution is 2.36. The zero-order valence-electron chi connectivity index (χ0n) is 16.3. The Bertz CT molecular complexity index is 797. The Morgan fingerprint density at radius 1 is 0.963 bits per heavy atom. The van der Waals surface area contributed by atoms with Gasteiger partial charge in [-0.05, 0) is 36.5 Å². The fourth-order valence-corrected chi connectivity index (χ4v) is 7.04. The second-order valence-corrected chi connectivity index (χ2v) is 10.8. The van der Waals surface area contributed by atoms with E-state index in [0.717, 1.165) is 18.5 Å². The topological polar surface area (TPSA) is 57.7 Å². The van der Waals surface area contributed by atoms with Crippen LogP contribution in [-0.4, -0.2) is 55.4 Å². The smallest absolute Gasteiger partial charge is 0.241 e. The van der Waals surface area contributed by atoms with Gasteiger partial charge in [-0.1, -0.05) is 45.2 Å². The molecule has 2 aliphatic heterocycles. The fourth-order valence-electron chi connectivity index (χ4n) is 5.08. The Labute approximate surface area is 162 Å². The molecule has 1 aromatic rings. The predicted octanol–water partition coefficient (Wildman–Crippen LogP) is 2.96. The second-order valence-electron chi connectivity index (χ2n) is 8.69. The third-order valence-corrected chi connectivity index (χ3v) is 8.22. The van der Waals surface area contributed by atoms with Crippen molar-refractivity contribution in [3.05, 3.63) is 29.8 Å². The summed E-state index contributed by atoms with van der Waals surface area (Å²) >= 11 is 0. The normalized spacial score (nSPS) is 29.3. The van der Waals surface area contributed by atoms with E-state index in [4.69, 9.17) is 0 Å². The number of anilines is 1. The summed E-state index contributed by atoms with van der Waals surface area (Å²) in [6, 6.07) is 8.09. The van der Waals surface area contributed by atoms with Crippen LogP contribution in [0.5, 0.6) is 0 Å². The Morgan fingerprint density at radius 3 is 2.22 bits per heavy atom. The number of carbonyl (C=O) groups is 1. The first-order valence-electron chi connectivity index (χ1n) is 10.2. The van der Waals surface area contributed by atoms with E-state index in [9.17, 15) is 13.2 Å². The summed E-state index contributed by atoms with van der Waals surface area (Å²) in [5, 5.41) is 0. The van der Waals surface area contributed by atoms with E-state index in [0.29, 0.717) is 18.5 Å². The summed E-state index contributed by atoms with van der Waals surface area (Å²) in [6.07, 6.45) is 5.78. The molecule has 0 radical (unpaired) electrons. The van der Waals surface area contributed by atoms with Crippen molar-refractivity contribution in [1.29, 1.82) is 0 Å². The van der Waals surface area contributed by atoms with Gasteiger partial charge in [0.2, 0.25) is 5.91 Å². The van der Waals surface area contributed by atoms with Gasteiger partial charge >= 0.3 is 0 Å². The average molecular weight is 391 g/mol. The Hall–Kier alpha value is -1.40. The van der Waals surface area contributed by atoms with E-state index in [1.54, 1.807) is 4.90 Å². The van der Waals surface area contributed by atoms with Gasteiger partial charge in [0, 0.05) is 17.8 Å². The summed E-state index contributed by atoms with van der Waals surface area (Å²) in [5.41, 5.74) is 2.06. The van der Waals surface area contributed by atoms with Gasteiger partial charge in [-0.25, -0.2) is 8.42 Å². The minimum Gasteiger partial charge on any atom is -0.306 e. The van der Waals surface area contributed by atoms with Gasteiger partial charge in [0.15, 0.2) is 9.84 Å². The van der Waals surface area contributed by atoms with Crippen LogP contribution in [0, 0.1) is 0 Å². The van der Waals surface area contributed by atoms with Crippen molar-refractivity contribution in [3.8, 4) is 0 Å². The molecule has 5 nitrogen and oxygen atoms in total. The summed E-state index contributed by atoms with van der Waals surface area (Å²) in [6.45, 7) is 4.62. The molecule has 0 spiro atoms. The predicted molar refractivity (Wildman–Crippen MR) is 108 cm³/mol. The first-order valence-corrected chi connectivity index (χ1v) is 12.1. The van der Waals surface area contributed by atoms with Crippen LogP contribution < -0.4 is 4.90 Å². The zero-order valence-corrected chi connectivity index (χ0v) is 17.1. The molecule has 3 aliphatic rings. The quantitative estimate of drug-likeness (QED) is 0.796. The zero-order chi connectivity index (χ0) is 19.2. The third kappa shape index (κ3) is 3.66. The number of hydrogen-bond donors (Lipinski definition) is 0. The van der Waals surface area contributed by atoms with Crippen molar-refractivity contribution >= 4 is 21.4 Å². The standard InChI is InChI=1S/C21H30N2O3S/c1-15(2)16-8-10-18(11-9-16)23-20-14-27(25,26)13-19(20)22(12-21(23)24)17-6-4-3-5-7-17/h8-11,15,17,19-20H,3-7,12-14H2,1-2H3.